The van der Waals surface area contributed by atoms with E-state index in [4.69, 9.17) is 0 Å². The molecule has 0 saturated carbocycles. The van der Waals surface area contributed by atoms with Gasteiger partial charge < -0.3 is 15.1 Å². The monoisotopic (exact) mass is 424 g/mol. The molecule has 4 saturated heterocycles. The molecule has 0 aliphatic carbocycles. The zero-order chi connectivity index (χ0) is 21.4. The molecular weight excluding hydrogens is 388 g/mol. The van der Waals surface area contributed by atoms with Crippen molar-refractivity contribution in [1.82, 2.24) is 20.0 Å². The number of benzene rings is 1. The van der Waals surface area contributed by atoms with Crippen molar-refractivity contribution in [2.45, 2.75) is 64.1 Å². The molecule has 0 radical (unpaired) electrons. The highest BCUT2D eigenvalue weighted by Crippen LogP contribution is 2.39. The van der Waals surface area contributed by atoms with Gasteiger partial charge in [-0.05, 0) is 56.4 Å². The van der Waals surface area contributed by atoms with Gasteiger partial charge in [-0.2, -0.15) is 0 Å². The Labute approximate surface area is 185 Å². The Hall–Kier alpha value is -2.08. The SMILES string of the molecule is Cc1ccc(CNC(=O)N2CCC(N3CC4CC(C3)[C@H]3CCCC(=O)N3C4)CC2)cc1. The molecule has 4 aliphatic heterocycles. The molecule has 3 atom stereocenters. The van der Waals surface area contributed by atoms with E-state index in [1.165, 1.54) is 18.4 Å². The number of hydrogen-bond acceptors (Lipinski definition) is 3. The van der Waals surface area contributed by atoms with Crippen LogP contribution in [0.15, 0.2) is 24.3 Å². The second-order valence-electron chi connectivity index (χ2n) is 10.2. The number of nitrogens with zero attached hydrogens (tertiary/aromatic N) is 3. The topological polar surface area (TPSA) is 55.9 Å². The number of hydrogen-bond donors (Lipinski definition) is 1. The van der Waals surface area contributed by atoms with Gasteiger partial charge in [-0.15, -0.1) is 0 Å². The number of amides is 3. The lowest BCUT2D eigenvalue weighted by atomic mass is 9.75. The quantitative estimate of drug-likeness (QED) is 0.812. The Kier molecular flexibility index (Phi) is 5.91. The lowest BCUT2D eigenvalue weighted by molar-refractivity contribution is -0.145. The van der Waals surface area contributed by atoms with Gasteiger partial charge in [0.1, 0.15) is 0 Å². The number of likely N-dealkylation sites (tertiary alicyclic amines) is 2. The lowest BCUT2D eigenvalue weighted by Gasteiger charge is -2.54. The molecular formula is C25H36N4O2. The third-order valence-electron chi connectivity index (χ3n) is 8.04. The highest BCUT2D eigenvalue weighted by molar-refractivity contribution is 5.77. The molecule has 3 amide bonds. The number of carbonyl (C=O) groups is 2. The van der Waals surface area contributed by atoms with Gasteiger partial charge in [0.2, 0.25) is 5.91 Å². The first-order valence-corrected chi connectivity index (χ1v) is 12.2. The van der Waals surface area contributed by atoms with E-state index in [0.29, 0.717) is 36.4 Å². The molecule has 4 fully saturated rings. The van der Waals surface area contributed by atoms with Crippen LogP contribution in [0.1, 0.15) is 49.7 Å². The predicted octanol–water partition coefficient (Wildman–Crippen LogP) is 3.00. The van der Waals surface area contributed by atoms with Crippen LogP contribution in [-0.2, 0) is 11.3 Å². The summed E-state index contributed by atoms with van der Waals surface area (Å²) in [5.41, 5.74) is 2.38. The fourth-order valence-electron chi connectivity index (χ4n) is 6.38. The standard InChI is InChI=1S/C25H36N4O2/c1-18-5-7-19(8-6-18)14-26-25(31)27-11-9-22(10-12-27)28-15-20-13-21(17-28)23-3-2-4-24(30)29(23)16-20/h5-8,20-23H,2-4,9-17H2,1H3,(H,26,31)/t20?,21?,23-/m1/s1. The highest BCUT2D eigenvalue weighted by atomic mass is 16.2. The molecule has 5 rings (SSSR count). The summed E-state index contributed by atoms with van der Waals surface area (Å²) in [5.74, 6) is 1.67. The van der Waals surface area contributed by atoms with Crippen molar-refractivity contribution in [2.75, 3.05) is 32.7 Å². The Morgan fingerprint density at radius 3 is 2.61 bits per heavy atom. The molecule has 0 aromatic heterocycles. The molecule has 0 spiro atoms. The molecule has 1 N–H and O–H groups in total. The predicted molar refractivity (Wildman–Crippen MR) is 121 cm³/mol. The van der Waals surface area contributed by atoms with Gasteiger partial charge >= 0.3 is 6.03 Å². The lowest BCUT2D eigenvalue weighted by Crippen LogP contribution is -2.62. The Morgan fingerprint density at radius 1 is 1.06 bits per heavy atom. The molecule has 2 unspecified atom stereocenters. The highest BCUT2D eigenvalue weighted by Gasteiger charge is 2.45. The number of urea groups is 1. The van der Waals surface area contributed by atoms with Gasteiger partial charge in [0, 0.05) is 57.8 Å². The van der Waals surface area contributed by atoms with Crippen molar-refractivity contribution < 1.29 is 9.59 Å². The van der Waals surface area contributed by atoms with Gasteiger partial charge in [-0.3, -0.25) is 9.69 Å². The van der Waals surface area contributed by atoms with Gasteiger partial charge in [0.25, 0.3) is 0 Å². The summed E-state index contributed by atoms with van der Waals surface area (Å²) in [6.45, 7) is 7.57. The summed E-state index contributed by atoms with van der Waals surface area (Å²) in [7, 11) is 0. The third-order valence-corrected chi connectivity index (χ3v) is 8.04. The normalized spacial score (nSPS) is 29.6. The number of fused-ring (bicyclic) bond motifs is 4. The maximum Gasteiger partial charge on any atom is 0.317 e. The van der Waals surface area contributed by atoms with Crippen LogP contribution in [0.2, 0.25) is 0 Å². The van der Waals surface area contributed by atoms with Crippen LogP contribution in [0, 0.1) is 18.8 Å². The number of rotatable bonds is 3. The average Bonchev–Trinajstić information content (AvgIpc) is 2.79. The fourth-order valence-corrected chi connectivity index (χ4v) is 6.38. The Balaban J connectivity index is 1.11. The van der Waals surface area contributed by atoms with Crippen LogP contribution in [-0.4, -0.2) is 71.4 Å². The van der Waals surface area contributed by atoms with Crippen molar-refractivity contribution >= 4 is 11.9 Å². The van der Waals surface area contributed by atoms with Crippen molar-refractivity contribution in [2.24, 2.45) is 11.8 Å². The van der Waals surface area contributed by atoms with E-state index in [1.807, 2.05) is 4.90 Å². The molecule has 4 aliphatic rings. The Bertz CT molecular complexity index is 802. The summed E-state index contributed by atoms with van der Waals surface area (Å²) in [6, 6.07) is 9.45. The van der Waals surface area contributed by atoms with Crippen molar-refractivity contribution in [3.8, 4) is 0 Å². The minimum absolute atomic E-state index is 0.0610. The molecule has 2 bridgehead atoms. The van der Waals surface area contributed by atoms with Crippen LogP contribution in [0.4, 0.5) is 4.79 Å². The van der Waals surface area contributed by atoms with E-state index >= 15 is 0 Å². The van der Waals surface area contributed by atoms with Crippen LogP contribution in [0.3, 0.4) is 0 Å². The van der Waals surface area contributed by atoms with Crippen LogP contribution < -0.4 is 5.32 Å². The molecule has 6 heteroatoms. The first-order chi connectivity index (χ1) is 15.1. The number of aryl methyl sites for hydroxylation is 1. The minimum atomic E-state index is 0.0610. The molecule has 1 aromatic carbocycles. The average molecular weight is 425 g/mol. The molecule has 1 aromatic rings. The van der Waals surface area contributed by atoms with E-state index in [9.17, 15) is 9.59 Å². The minimum Gasteiger partial charge on any atom is -0.339 e. The summed E-state index contributed by atoms with van der Waals surface area (Å²) >= 11 is 0. The van der Waals surface area contributed by atoms with Gasteiger partial charge in [-0.25, -0.2) is 4.79 Å². The molecule has 31 heavy (non-hydrogen) atoms. The van der Waals surface area contributed by atoms with Gasteiger partial charge in [0.15, 0.2) is 0 Å². The Morgan fingerprint density at radius 2 is 1.84 bits per heavy atom. The largest absolute Gasteiger partial charge is 0.339 e. The smallest absolute Gasteiger partial charge is 0.317 e. The van der Waals surface area contributed by atoms with Crippen LogP contribution in [0.5, 0.6) is 0 Å². The number of piperidine rings is 4. The van der Waals surface area contributed by atoms with E-state index in [2.05, 4.69) is 46.3 Å². The maximum atomic E-state index is 12.6. The van der Waals surface area contributed by atoms with Crippen molar-refractivity contribution in [1.29, 1.82) is 0 Å². The first-order valence-electron chi connectivity index (χ1n) is 12.2. The third kappa shape index (κ3) is 4.45. The van der Waals surface area contributed by atoms with E-state index in [-0.39, 0.29) is 6.03 Å². The molecule has 168 valence electrons. The zero-order valence-corrected chi connectivity index (χ0v) is 18.8. The van der Waals surface area contributed by atoms with Gasteiger partial charge in [-0.1, -0.05) is 29.8 Å². The molecule has 6 nitrogen and oxygen atoms in total. The number of nitrogens with one attached hydrogen (secondary N) is 1. The van der Waals surface area contributed by atoms with Crippen molar-refractivity contribution in [3.05, 3.63) is 35.4 Å². The van der Waals surface area contributed by atoms with E-state index < -0.39 is 0 Å². The summed E-state index contributed by atoms with van der Waals surface area (Å²) in [6.07, 6.45) is 6.43. The summed E-state index contributed by atoms with van der Waals surface area (Å²) < 4.78 is 0. The summed E-state index contributed by atoms with van der Waals surface area (Å²) in [4.78, 5) is 31.9. The van der Waals surface area contributed by atoms with Gasteiger partial charge in [0.05, 0.1) is 0 Å². The maximum absolute atomic E-state index is 12.6. The second-order valence-corrected chi connectivity index (χ2v) is 10.2. The summed E-state index contributed by atoms with van der Waals surface area (Å²) in [5, 5.41) is 3.09. The fraction of sp³-hybridized carbons (Fsp3) is 0.680. The second kappa shape index (κ2) is 8.81. The van der Waals surface area contributed by atoms with Crippen LogP contribution in [0.25, 0.3) is 0 Å². The zero-order valence-electron chi connectivity index (χ0n) is 18.8. The number of carbonyl (C=O) groups excluding carboxylic acids is 2. The first kappa shape index (κ1) is 20.8. The van der Waals surface area contributed by atoms with E-state index in [1.54, 1.807) is 0 Å². The van der Waals surface area contributed by atoms with E-state index in [0.717, 1.165) is 64.0 Å². The van der Waals surface area contributed by atoms with Crippen molar-refractivity contribution in [3.63, 3.8) is 0 Å². The van der Waals surface area contributed by atoms with Crippen LogP contribution >= 0.6 is 0 Å². The molecule has 4 heterocycles.